The van der Waals surface area contributed by atoms with E-state index in [2.05, 4.69) is 50.4 Å². The van der Waals surface area contributed by atoms with Gasteiger partial charge in [0.2, 0.25) is 0 Å². The molecular formula is C12H14S. The SMILES string of the molecule is CC(C)(C)c1csc2ccccc12. The lowest BCUT2D eigenvalue weighted by atomic mass is 9.87. The topological polar surface area (TPSA) is 0 Å². The second-order valence-corrected chi connectivity index (χ2v) is 5.31. The summed E-state index contributed by atoms with van der Waals surface area (Å²) in [6.45, 7) is 6.80. The number of rotatable bonds is 0. The van der Waals surface area contributed by atoms with Crippen molar-refractivity contribution >= 4 is 21.4 Å². The van der Waals surface area contributed by atoms with Crippen LogP contribution < -0.4 is 0 Å². The lowest BCUT2D eigenvalue weighted by Crippen LogP contribution is -2.09. The van der Waals surface area contributed by atoms with Crippen molar-refractivity contribution in [2.24, 2.45) is 0 Å². The van der Waals surface area contributed by atoms with Gasteiger partial charge in [-0.15, -0.1) is 11.3 Å². The van der Waals surface area contributed by atoms with Crippen molar-refractivity contribution in [3.8, 4) is 0 Å². The van der Waals surface area contributed by atoms with E-state index in [9.17, 15) is 0 Å². The van der Waals surface area contributed by atoms with Crippen molar-refractivity contribution in [1.29, 1.82) is 0 Å². The van der Waals surface area contributed by atoms with Gasteiger partial charge in [0.1, 0.15) is 0 Å². The Labute approximate surface area is 83.2 Å². The van der Waals surface area contributed by atoms with Gasteiger partial charge in [-0.3, -0.25) is 0 Å². The van der Waals surface area contributed by atoms with Crippen LogP contribution in [0.5, 0.6) is 0 Å². The Morgan fingerprint density at radius 3 is 2.46 bits per heavy atom. The van der Waals surface area contributed by atoms with Crippen LogP contribution in [-0.2, 0) is 5.41 Å². The van der Waals surface area contributed by atoms with Crippen molar-refractivity contribution in [3.63, 3.8) is 0 Å². The summed E-state index contributed by atoms with van der Waals surface area (Å²) >= 11 is 1.84. The van der Waals surface area contributed by atoms with Crippen molar-refractivity contribution in [1.82, 2.24) is 0 Å². The van der Waals surface area contributed by atoms with E-state index in [0.717, 1.165) is 0 Å². The quantitative estimate of drug-likeness (QED) is 0.584. The molecule has 0 saturated heterocycles. The Morgan fingerprint density at radius 1 is 1.08 bits per heavy atom. The van der Waals surface area contributed by atoms with Gasteiger partial charge in [0.25, 0.3) is 0 Å². The largest absolute Gasteiger partial charge is 0.144 e. The molecule has 0 unspecified atom stereocenters. The first-order valence-electron chi connectivity index (χ1n) is 4.56. The van der Waals surface area contributed by atoms with Gasteiger partial charge in [-0.1, -0.05) is 39.0 Å². The van der Waals surface area contributed by atoms with Crippen molar-refractivity contribution < 1.29 is 0 Å². The summed E-state index contributed by atoms with van der Waals surface area (Å²) < 4.78 is 1.40. The molecule has 68 valence electrons. The third-order valence-corrected chi connectivity index (χ3v) is 3.25. The van der Waals surface area contributed by atoms with Gasteiger partial charge in [0, 0.05) is 4.70 Å². The van der Waals surface area contributed by atoms with E-state index >= 15 is 0 Å². The summed E-state index contributed by atoms with van der Waals surface area (Å²) in [5.41, 5.74) is 1.73. The first-order chi connectivity index (χ1) is 6.09. The average molecular weight is 190 g/mol. The smallest absolute Gasteiger partial charge is 0.0345 e. The standard InChI is InChI=1S/C12H14S/c1-12(2,3)10-8-13-11-7-5-4-6-9(10)11/h4-8H,1-3H3. The average Bonchev–Trinajstić information content (AvgIpc) is 2.45. The van der Waals surface area contributed by atoms with Gasteiger partial charge in [-0.25, -0.2) is 0 Å². The summed E-state index contributed by atoms with van der Waals surface area (Å²) in [6.07, 6.45) is 0. The number of hydrogen-bond acceptors (Lipinski definition) is 1. The fraction of sp³-hybridized carbons (Fsp3) is 0.333. The number of hydrogen-bond donors (Lipinski definition) is 0. The van der Waals surface area contributed by atoms with Crippen molar-refractivity contribution in [2.45, 2.75) is 26.2 Å². The van der Waals surface area contributed by atoms with Crippen LogP contribution in [-0.4, -0.2) is 0 Å². The highest BCUT2D eigenvalue weighted by Crippen LogP contribution is 2.34. The van der Waals surface area contributed by atoms with E-state index in [1.54, 1.807) is 0 Å². The van der Waals surface area contributed by atoms with Crippen LogP contribution in [0.2, 0.25) is 0 Å². The van der Waals surface area contributed by atoms with Crippen LogP contribution in [0.4, 0.5) is 0 Å². The molecule has 13 heavy (non-hydrogen) atoms. The Morgan fingerprint density at radius 2 is 1.77 bits per heavy atom. The molecule has 0 bridgehead atoms. The number of thiophene rings is 1. The maximum atomic E-state index is 2.28. The lowest BCUT2D eigenvalue weighted by molar-refractivity contribution is 0.598. The molecule has 0 aliphatic carbocycles. The molecule has 1 aromatic heterocycles. The highest BCUT2D eigenvalue weighted by atomic mass is 32.1. The van der Waals surface area contributed by atoms with Gasteiger partial charge >= 0.3 is 0 Å². The minimum atomic E-state index is 0.263. The Balaban J connectivity index is 2.72. The maximum absolute atomic E-state index is 2.28. The predicted molar refractivity (Wildman–Crippen MR) is 60.5 cm³/mol. The Kier molecular flexibility index (Phi) is 1.92. The summed E-state index contributed by atoms with van der Waals surface area (Å²) in [7, 11) is 0. The summed E-state index contributed by atoms with van der Waals surface area (Å²) in [4.78, 5) is 0. The van der Waals surface area contributed by atoms with Crippen LogP contribution in [0.3, 0.4) is 0 Å². The monoisotopic (exact) mass is 190 g/mol. The van der Waals surface area contributed by atoms with Crippen molar-refractivity contribution in [2.75, 3.05) is 0 Å². The number of benzene rings is 1. The van der Waals surface area contributed by atoms with Crippen LogP contribution in [0.1, 0.15) is 26.3 Å². The molecule has 0 nitrogen and oxygen atoms in total. The van der Waals surface area contributed by atoms with E-state index < -0.39 is 0 Å². The highest BCUT2D eigenvalue weighted by molar-refractivity contribution is 7.17. The highest BCUT2D eigenvalue weighted by Gasteiger charge is 2.17. The molecule has 0 fully saturated rings. The summed E-state index contributed by atoms with van der Waals surface area (Å²) in [5, 5.41) is 3.70. The molecule has 0 radical (unpaired) electrons. The third-order valence-electron chi connectivity index (χ3n) is 2.29. The number of fused-ring (bicyclic) bond motifs is 1. The van der Waals surface area contributed by atoms with E-state index in [1.807, 2.05) is 11.3 Å². The molecule has 0 spiro atoms. The predicted octanol–water partition coefficient (Wildman–Crippen LogP) is 4.20. The van der Waals surface area contributed by atoms with Crippen LogP contribution >= 0.6 is 11.3 Å². The zero-order valence-corrected chi connectivity index (χ0v) is 9.11. The van der Waals surface area contributed by atoms with Gasteiger partial charge in [-0.05, 0) is 27.8 Å². The molecule has 0 saturated carbocycles. The maximum Gasteiger partial charge on any atom is 0.0345 e. The van der Waals surface area contributed by atoms with Crippen LogP contribution in [0, 0.1) is 0 Å². The minimum Gasteiger partial charge on any atom is -0.144 e. The molecular weight excluding hydrogens is 176 g/mol. The molecule has 0 atom stereocenters. The van der Waals surface area contributed by atoms with Gasteiger partial charge in [0.15, 0.2) is 0 Å². The fourth-order valence-electron chi connectivity index (χ4n) is 1.56. The molecule has 1 aromatic carbocycles. The lowest BCUT2D eigenvalue weighted by Gasteiger charge is -2.17. The summed E-state index contributed by atoms with van der Waals surface area (Å²) in [5.74, 6) is 0. The Bertz CT molecular complexity index is 418. The van der Waals surface area contributed by atoms with Crippen molar-refractivity contribution in [3.05, 3.63) is 35.2 Å². The molecule has 1 heteroatoms. The van der Waals surface area contributed by atoms with E-state index in [0.29, 0.717) is 0 Å². The molecule has 0 amide bonds. The summed E-state index contributed by atoms with van der Waals surface area (Å²) in [6, 6.07) is 8.62. The van der Waals surface area contributed by atoms with Crippen LogP contribution in [0.15, 0.2) is 29.6 Å². The zero-order chi connectivity index (χ0) is 9.47. The molecule has 2 aromatic rings. The normalized spacial score (nSPS) is 12.2. The Hall–Kier alpha value is -0.820. The fourth-order valence-corrected chi connectivity index (χ4v) is 2.75. The second kappa shape index (κ2) is 2.85. The first kappa shape index (κ1) is 8.76. The first-order valence-corrected chi connectivity index (χ1v) is 5.44. The molecule has 0 N–H and O–H groups in total. The molecule has 0 aliphatic heterocycles. The van der Waals surface area contributed by atoms with Gasteiger partial charge in [-0.2, -0.15) is 0 Å². The molecule has 0 aliphatic rings. The van der Waals surface area contributed by atoms with Gasteiger partial charge < -0.3 is 0 Å². The van der Waals surface area contributed by atoms with Crippen LogP contribution in [0.25, 0.3) is 10.1 Å². The minimum absolute atomic E-state index is 0.263. The van der Waals surface area contributed by atoms with E-state index in [1.165, 1.54) is 15.6 Å². The third kappa shape index (κ3) is 1.49. The van der Waals surface area contributed by atoms with E-state index in [-0.39, 0.29) is 5.41 Å². The van der Waals surface area contributed by atoms with E-state index in [4.69, 9.17) is 0 Å². The zero-order valence-electron chi connectivity index (χ0n) is 8.29. The van der Waals surface area contributed by atoms with Gasteiger partial charge in [0.05, 0.1) is 0 Å². The second-order valence-electron chi connectivity index (χ2n) is 4.40. The molecule has 2 rings (SSSR count). The molecule has 1 heterocycles.